The number of hydrogen-bond acceptors (Lipinski definition) is 3. The fourth-order valence-electron chi connectivity index (χ4n) is 3.44. The molecule has 1 aliphatic rings. The average molecular weight is 331 g/mol. The summed E-state index contributed by atoms with van der Waals surface area (Å²) >= 11 is 0. The first-order valence-electron chi connectivity index (χ1n) is 8.70. The number of amides is 2. The summed E-state index contributed by atoms with van der Waals surface area (Å²) in [7, 11) is 0. The lowest BCUT2D eigenvalue weighted by molar-refractivity contribution is -0.125. The molecule has 0 aliphatic carbocycles. The topological polar surface area (TPSA) is 61.4 Å². The predicted octanol–water partition coefficient (Wildman–Crippen LogP) is 2.34. The van der Waals surface area contributed by atoms with Gasteiger partial charge in [-0.3, -0.25) is 14.5 Å². The summed E-state index contributed by atoms with van der Waals surface area (Å²) in [6.45, 7) is 10.7. The van der Waals surface area contributed by atoms with Crippen LogP contribution in [0.25, 0.3) is 0 Å². The van der Waals surface area contributed by atoms with Gasteiger partial charge in [-0.25, -0.2) is 0 Å². The lowest BCUT2D eigenvalue weighted by Gasteiger charge is -2.34. The van der Waals surface area contributed by atoms with E-state index >= 15 is 0 Å². The molecule has 0 aromatic heterocycles. The van der Waals surface area contributed by atoms with E-state index in [9.17, 15) is 9.59 Å². The molecule has 5 heteroatoms. The Morgan fingerprint density at radius 3 is 2.46 bits per heavy atom. The Bertz CT molecular complexity index is 590. The van der Waals surface area contributed by atoms with Crippen LogP contribution in [0.1, 0.15) is 31.4 Å². The van der Waals surface area contributed by atoms with Crippen LogP contribution in [-0.4, -0.2) is 42.9 Å². The van der Waals surface area contributed by atoms with Crippen molar-refractivity contribution in [2.24, 2.45) is 11.8 Å². The zero-order valence-electron chi connectivity index (χ0n) is 15.2. The van der Waals surface area contributed by atoms with Crippen molar-refractivity contribution < 1.29 is 9.59 Å². The van der Waals surface area contributed by atoms with Gasteiger partial charge in [0.2, 0.25) is 11.8 Å². The van der Waals surface area contributed by atoms with Crippen LogP contribution < -0.4 is 10.6 Å². The smallest absolute Gasteiger partial charge is 0.243 e. The summed E-state index contributed by atoms with van der Waals surface area (Å²) < 4.78 is 0. The maximum atomic E-state index is 12.1. The normalized spacial score (nSPS) is 21.3. The van der Waals surface area contributed by atoms with E-state index < -0.39 is 0 Å². The molecule has 2 N–H and O–H groups in total. The number of hydrogen-bond donors (Lipinski definition) is 2. The minimum absolute atomic E-state index is 0.00512. The lowest BCUT2D eigenvalue weighted by atomic mass is 9.92. The van der Waals surface area contributed by atoms with E-state index in [1.165, 1.54) is 6.42 Å². The van der Waals surface area contributed by atoms with Crippen LogP contribution in [0, 0.1) is 25.7 Å². The molecule has 5 nitrogen and oxygen atoms in total. The van der Waals surface area contributed by atoms with Crippen LogP contribution in [-0.2, 0) is 9.59 Å². The molecule has 2 amide bonds. The highest BCUT2D eigenvalue weighted by Crippen LogP contribution is 2.20. The van der Waals surface area contributed by atoms with Crippen molar-refractivity contribution in [1.82, 2.24) is 10.2 Å². The second-order valence-electron chi connectivity index (χ2n) is 7.21. The SMILES string of the molecule is Cc1cccc(NC(=O)CNC(=O)CN2C[C@H](C)C[C@H](C)C2)c1C. The van der Waals surface area contributed by atoms with Gasteiger partial charge in [0.25, 0.3) is 0 Å². The highest BCUT2D eigenvalue weighted by Gasteiger charge is 2.23. The van der Waals surface area contributed by atoms with Gasteiger partial charge in [-0.05, 0) is 49.3 Å². The summed E-state index contributed by atoms with van der Waals surface area (Å²) in [5, 5.41) is 5.58. The highest BCUT2D eigenvalue weighted by atomic mass is 16.2. The van der Waals surface area contributed by atoms with Crippen molar-refractivity contribution in [2.45, 2.75) is 34.1 Å². The number of piperidine rings is 1. The molecule has 0 bridgehead atoms. The van der Waals surface area contributed by atoms with Gasteiger partial charge in [0.05, 0.1) is 13.1 Å². The molecule has 1 aromatic carbocycles. The van der Waals surface area contributed by atoms with Gasteiger partial charge >= 0.3 is 0 Å². The van der Waals surface area contributed by atoms with Gasteiger partial charge in [-0.15, -0.1) is 0 Å². The molecule has 1 aliphatic heterocycles. The molecule has 0 saturated carbocycles. The number of anilines is 1. The number of likely N-dealkylation sites (tertiary alicyclic amines) is 1. The minimum Gasteiger partial charge on any atom is -0.346 e. The van der Waals surface area contributed by atoms with Gasteiger partial charge in [-0.1, -0.05) is 26.0 Å². The first-order chi connectivity index (χ1) is 11.3. The van der Waals surface area contributed by atoms with E-state index in [2.05, 4.69) is 29.4 Å². The standard InChI is InChI=1S/C19H29N3O2/c1-13-8-14(2)11-22(10-13)12-19(24)20-9-18(23)21-17-7-5-6-15(3)16(17)4/h5-7,13-14H,8-12H2,1-4H3,(H,20,24)(H,21,23)/t13-,14+. The molecule has 0 radical (unpaired) electrons. The molecule has 1 aromatic rings. The zero-order valence-corrected chi connectivity index (χ0v) is 15.2. The number of nitrogens with zero attached hydrogens (tertiary/aromatic N) is 1. The third-order valence-electron chi connectivity index (χ3n) is 4.64. The molecule has 132 valence electrons. The molecule has 2 rings (SSSR count). The minimum atomic E-state index is -0.197. The third-order valence-corrected chi connectivity index (χ3v) is 4.64. The van der Waals surface area contributed by atoms with Gasteiger partial charge in [-0.2, -0.15) is 0 Å². The van der Waals surface area contributed by atoms with Crippen molar-refractivity contribution in [2.75, 3.05) is 31.5 Å². The maximum absolute atomic E-state index is 12.1. The van der Waals surface area contributed by atoms with Gasteiger partial charge < -0.3 is 10.6 Å². The Labute approximate surface area is 144 Å². The van der Waals surface area contributed by atoms with Crippen molar-refractivity contribution >= 4 is 17.5 Å². The molecule has 1 heterocycles. The summed E-state index contributed by atoms with van der Waals surface area (Å²) in [5.74, 6) is 0.952. The van der Waals surface area contributed by atoms with E-state index in [0.29, 0.717) is 18.4 Å². The van der Waals surface area contributed by atoms with Crippen molar-refractivity contribution in [1.29, 1.82) is 0 Å². The fraction of sp³-hybridized carbons (Fsp3) is 0.579. The number of nitrogens with one attached hydrogen (secondary N) is 2. The Hall–Kier alpha value is -1.88. The number of benzene rings is 1. The summed E-state index contributed by atoms with van der Waals surface area (Å²) in [6.07, 6.45) is 1.22. The molecule has 0 spiro atoms. The molecule has 24 heavy (non-hydrogen) atoms. The zero-order chi connectivity index (χ0) is 17.7. The van der Waals surface area contributed by atoms with Crippen LogP contribution in [0.2, 0.25) is 0 Å². The summed E-state index contributed by atoms with van der Waals surface area (Å²) in [4.78, 5) is 26.3. The lowest BCUT2D eigenvalue weighted by Crippen LogP contribution is -2.45. The van der Waals surface area contributed by atoms with Crippen LogP contribution in [0.15, 0.2) is 18.2 Å². The molecule has 1 fully saturated rings. The third kappa shape index (κ3) is 5.34. The fourth-order valence-corrected chi connectivity index (χ4v) is 3.44. The Morgan fingerprint density at radius 1 is 1.12 bits per heavy atom. The quantitative estimate of drug-likeness (QED) is 0.870. The van der Waals surface area contributed by atoms with Crippen molar-refractivity contribution in [3.63, 3.8) is 0 Å². The maximum Gasteiger partial charge on any atom is 0.243 e. The summed E-state index contributed by atoms with van der Waals surface area (Å²) in [5.41, 5.74) is 2.98. The Morgan fingerprint density at radius 2 is 1.79 bits per heavy atom. The Balaban J connectivity index is 1.77. The second-order valence-corrected chi connectivity index (χ2v) is 7.21. The van der Waals surface area contributed by atoms with Crippen molar-refractivity contribution in [3.05, 3.63) is 29.3 Å². The molecular weight excluding hydrogens is 302 g/mol. The molecule has 1 saturated heterocycles. The number of carbonyl (C=O) groups excluding carboxylic acids is 2. The predicted molar refractivity (Wildman–Crippen MR) is 96.9 cm³/mol. The van der Waals surface area contributed by atoms with Crippen LogP contribution in [0.5, 0.6) is 0 Å². The van der Waals surface area contributed by atoms with Gasteiger partial charge in [0.1, 0.15) is 0 Å². The second kappa shape index (κ2) is 8.29. The Kier molecular flexibility index (Phi) is 6.37. The number of aryl methyl sites for hydroxylation is 1. The van der Waals surface area contributed by atoms with Gasteiger partial charge in [0, 0.05) is 18.8 Å². The summed E-state index contributed by atoms with van der Waals surface area (Å²) in [6, 6.07) is 5.79. The van der Waals surface area contributed by atoms with Crippen LogP contribution in [0.4, 0.5) is 5.69 Å². The molecular formula is C19H29N3O2. The monoisotopic (exact) mass is 331 g/mol. The van der Waals surface area contributed by atoms with Crippen LogP contribution in [0.3, 0.4) is 0 Å². The molecule has 0 unspecified atom stereocenters. The van der Waals surface area contributed by atoms with E-state index in [0.717, 1.165) is 29.9 Å². The van der Waals surface area contributed by atoms with Crippen LogP contribution >= 0.6 is 0 Å². The van der Waals surface area contributed by atoms with E-state index in [1.807, 2.05) is 32.0 Å². The van der Waals surface area contributed by atoms with E-state index in [4.69, 9.17) is 0 Å². The first kappa shape index (κ1) is 18.5. The number of carbonyl (C=O) groups is 2. The molecule has 2 atom stereocenters. The average Bonchev–Trinajstić information content (AvgIpc) is 2.49. The van der Waals surface area contributed by atoms with E-state index in [-0.39, 0.29) is 18.4 Å². The largest absolute Gasteiger partial charge is 0.346 e. The first-order valence-corrected chi connectivity index (χ1v) is 8.70. The van der Waals surface area contributed by atoms with E-state index in [1.54, 1.807) is 0 Å². The number of rotatable bonds is 5. The highest BCUT2D eigenvalue weighted by molar-refractivity contribution is 5.95. The van der Waals surface area contributed by atoms with Crippen molar-refractivity contribution in [3.8, 4) is 0 Å². The van der Waals surface area contributed by atoms with Gasteiger partial charge in [0.15, 0.2) is 0 Å².